The lowest BCUT2D eigenvalue weighted by Crippen LogP contribution is -2.39. The third-order valence-electron chi connectivity index (χ3n) is 7.51. The highest BCUT2D eigenvalue weighted by Crippen LogP contribution is 2.30. The van der Waals surface area contributed by atoms with Crippen LogP contribution >= 0.6 is 0 Å². The fourth-order valence-corrected chi connectivity index (χ4v) is 5.65. The Morgan fingerprint density at radius 3 is 1.95 bits per heavy atom. The number of carbonyl (C=O) groups excluding carboxylic acids is 1. The van der Waals surface area contributed by atoms with Crippen LogP contribution in [0.3, 0.4) is 0 Å². The Kier molecular flexibility index (Phi) is 8.68. The standard InChI is InChI=1S/C34H35F2N3O/c1-38(2)21-25-16-33(39(23-25)22-24-6-4-3-5-7-24)20-37-34(40)30-18-28(26-8-12-31(35)13-9-26)17-29(19-30)27-10-14-32(36)15-11-27/h3-15,17-19,25,33H,16,20-23H2,1-2H3,(H,37,40)/t25-,33-/m0/s1. The SMILES string of the molecule is CN(C)C[C@@H]1C[C@@H](CNC(=O)c2cc(-c3ccc(F)cc3)cc(-c3ccc(F)cc3)c2)N(Cc2ccccc2)C1. The van der Waals surface area contributed by atoms with E-state index < -0.39 is 0 Å². The zero-order chi connectivity index (χ0) is 28.1. The van der Waals surface area contributed by atoms with Crippen LogP contribution in [0.2, 0.25) is 0 Å². The zero-order valence-corrected chi connectivity index (χ0v) is 23.0. The molecule has 206 valence electrons. The Morgan fingerprint density at radius 2 is 1.40 bits per heavy atom. The van der Waals surface area contributed by atoms with Gasteiger partial charge in [0, 0.05) is 37.8 Å². The molecule has 0 bridgehead atoms. The van der Waals surface area contributed by atoms with E-state index in [9.17, 15) is 13.6 Å². The van der Waals surface area contributed by atoms with E-state index >= 15 is 0 Å². The van der Waals surface area contributed by atoms with Gasteiger partial charge in [0.05, 0.1) is 0 Å². The summed E-state index contributed by atoms with van der Waals surface area (Å²) in [6.45, 7) is 3.39. The maximum absolute atomic E-state index is 13.6. The van der Waals surface area contributed by atoms with E-state index in [1.165, 1.54) is 29.8 Å². The Hall–Kier alpha value is -3.87. The summed E-state index contributed by atoms with van der Waals surface area (Å²) in [4.78, 5) is 18.2. The van der Waals surface area contributed by atoms with E-state index in [1.807, 2.05) is 24.3 Å². The maximum Gasteiger partial charge on any atom is 0.251 e. The van der Waals surface area contributed by atoms with Gasteiger partial charge in [-0.1, -0.05) is 54.6 Å². The van der Waals surface area contributed by atoms with Gasteiger partial charge in [0.1, 0.15) is 11.6 Å². The van der Waals surface area contributed by atoms with Crippen molar-refractivity contribution >= 4 is 5.91 Å². The van der Waals surface area contributed by atoms with Gasteiger partial charge >= 0.3 is 0 Å². The molecule has 4 aromatic carbocycles. The van der Waals surface area contributed by atoms with E-state index in [0.29, 0.717) is 18.0 Å². The Balaban J connectivity index is 1.37. The fourth-order valence-electron chi connectivity index (χ4n) is 5.65. The number of rotatable bonds is 9. The molecule has 0 aromatic heterocycles. The highest BCUT2D eigenvalue weighted by atomic mass is 19.1. The quantitative estimate of drug-likeness (QED) is 0.264. The monoisotopic (exact) mass is 539 g/mol. The van der Waals surface area contributed by atoms with Crippen molar-refractivity contribution in [3.05, 3.63) is 120 Å². The highest BCUT2D eigenvalue weighted by molar-refractivity contribution is 5.97. The van der Waals surface area contributed by atoms with Gasteiger partial charge in [0.2, 0.25) is 0 Å². The van der Waals surface area contributed by atoms with Crippen molar-refractivity contribution in [2.24, 2.45) is 5.92 Å². The normalized spacial score (nSPS) is 17.3. The number of hydrogen-bond acceptors (Lipinski definition) is 3. The molecule has 2 atom stereocenters. The van der Waals surface area contributed by atoms with Gasteiger partial charge in [-0.05, 0) is 96.7 Å². The summed E-state index contributed by atoms with van der Waals surface area (Å²) in [6, 6.07) is 28.7. The largest absolute Gasteiger partial charge is 0.350 e. The molecule has 0 saturated carbocycles. The van der Waals surface area contributed by atoms with Crippen molar-refractivity contribution in [1.82, 2.24) is 15.1 Å². The topological polar surface area (TPSA) is 35.6 Å². The summed E-state index contributed by atoms with van der Waals surface area (Å²) in [7, 11) is 4.20. The predicted molar refractivity (Wildman–Crippen MR) is 157 cm³/mol. The van der Waals surface area contributed by atoms with Crippen LogP contribution in [0, 0.1) is 17.6 Å². The first-order chi connectivity index (χ1) is 19.3. The van der Waals surface area contributed by atoms with Crippen molar-refractivity contribution in [1.29, 1.82) is 0 Å². The average Bonchev–Trinajstić information content (AvgIpc) is 3.32. The first-order valence-corrected chi connectivity index (χ1v) is 13.7. The van der Waals surface area contributed by atoms with Crippen molar-refractivity contribution < 1.29 is 13.6 Å². The number of amides is 1. The highest BCUT2D eigenvalue weighted by Gasteiger charge is 2.32. The van der Waals surface area contributed by atoms with Gasteiger partial charge in [-0.15, -0.1) is 0 Å². The molecule has 6 heteroatoms. The van der Waals surface area contributed by atoms with Gasteiger partial charge in [-0.3, -0.25) is 9.69 Å². The zero-order valence-electron chi connectivity index (χ0n) is 23.0. The maximum atomic E-state index is 13.6. The molecule has 4 aromatic rings. The third-order valence-corrected chi connectivity index (χ3v) is 7.51. The van der Waals surface area contributed by atoms with E-state index in [2.05, 4.69) is 53.5 Å². The minimum atomic E-state index is -0.319. The van der Waals surface area contributed by atoms with Crippen LogP contribution in [0.1, 0.15) is 22.3 Å². The summed E-state index contributed by atoms with van der Waals surface area (Å²) >= 11 is 0. The molecule has 0 aliphatic carbocycles. The van der Waals surface area contributed by atoms with Gasteiger partial charge < -0.3 is 10.2 Å². The smallest absolute Gasteiger partial charge is 0.251 e. The molecule has 40 heavy (non-hydrogen) atoms. The number of likely N-dealkylation sites (tertiary alicyclic amines) is 1. The number of nitrogens with one attached hydrogen (secondary N) is 1. The lowest BCUT2D eigenvalue weighted by molar-refractivity contribution is 0.0940. The van der Waals surface area contributed by atoms with Crippen molar-refractivity contribution in [3.8, 4) is 22.3 Å². The number of benzene rings is 4. The van der Waals surface area contributed by atoms with Gasteiger partial charge in [0.15, 0.2) is 0 Å². The van der Waals surface area contributed by atoms with Crippen LogP contribution in [-0.4, -0.2) is 55.5 Å². The predicted octanol–water partition coefficient (Wildman–Crippen LogP) is 6.48. The molecule has 5 rings (SSSR count). The van der Waals surface area contributed by atoms with Crippen LogP contribution in [0.4, 0.5) is 8.78 Å². The molecule has 1 N–H and O–H groups in total. The summed E-state index contributed by atoms with van der Waals surface area (Å²) in [5.74, 6) is -0.267. The van der Waals surface area contributed by atoms with Crippen LogP contribution in [-0.2, 0) is 6.54 Å². The molecule has 1 fully saturated rings. The van der Waals surface area contributed by atoms with Crippen LogP contribution in [0.5, 0.6) is 0 Å². The third kappa shape index (κ3) is 7.00. The molecular weight excluding hydrogens is 504 g/mol. The lowest BCUT2D eigenvalue weighted by atomic mass is 9.95. The molecule has 0 unspecified atom stereocenters. The molecule has 1 aliphatic heterocycles. The molecule has 1 aliphatic rings. The van der Waals surface area contributed by atoms with E-state index in [-0.39, 0.29) is 23.6 Å². The summed E-state index contributed by atoms with van der Waals surface area (Å²) in [6.07, 6.45) is 1.02. The minimum absolute atomic E-state index is 0.164. The lowest BCUT2D eigenvalue weighted by Gasteiger charge is -2.25. The van der Waals surface area contributed by atoms with Crippen LogP contribution in [0.15, 0.2) is 97.1 Å². The number of halogens is 2. The molecule has 1 heterocycles. The van der Waals surface area contributed by atoms with Gasteiger partial charge in [0.25, 0.3) is 5.91 Å². The molecule has 0 spiro atoms. The van der Waals surface area contributed by atoms with E-state index in [0.717, 1.165) is 48.3 Å². The molecule has 0 radical (unpaired) electrons. The molecular formula is C34H35F2N3O. The summed E-state index contributed by atoms with van der Waals surface area (Å²) in [5.41, 5.74) is 4.97. The second-order valence-electron chi connectivity index (χ2n) is 11.0. The minimum Gasteiger partial charge on any atom is -0.350 e. The summed E-state index contributed by atoms with van der Waals surface area (Å²) < 4.78 is 27.2. The summed E-state index contributed by atoms with van der Waals surface area (Å²) in [5, 5.41) is 3.19. The molecule has 1 amide bonds. The van der Waals surface area contributed by atoms with E-state index in [4.69, 9.17) is 0 Å². The first-order valence-electron chi connectivity index (χ1n) is 13.7. The number of carbonyl (C=O) groups is 1. The Bertz CT molecular complexity index is 1360. The van der Waals surface area contributed by atoms with Gasteiger partial charge in [-0.2, -0.15) is 0 Å². The number of hydrogen-bond donors (Lipinski definition) is 1. The van der Waals surface area contributed by atoms with Crippen molar-refractivity contribution in [3.63, 3.8) is 0 Å². The van der Waals surface area contributed by atoms with E-state index in [1.54, 1.807) is 24.3 Å². The Labute approximate surface area is 235 Å². The van der Waals surface area contributed by atoms with Crippen LogP contribution < -0.4 is 5.32 Å². The second-order valence-corrected chi connectivity index (χ2v) is 11.0. The second kappa shape index (κ2) is 12.5. The average molecular weight is 540 g/mol. The first kappa shape index (κ1) is 27.7. The fraction of sp³-hybridized carbons (Fsp3) is 0.265. The van der Waals surface area contributed by atoms with Gasteiger partial charge in [-0.25, -0.2) is 8.78 Å². The molecule has 4 nitrogen and oxygen atoms in total. The Morgan fingerprint density at radius 1 is 0.825 bits per heavy atom. The van der Waals surface area contributed by atoms with Crippen LogP contribution in [0.25, 0.3) is 22.3 Å². The van der Waals surface area contributed by atoms with Crippen molar-refractivity contribution in [2.45, 2.75) is 19.0 Å². The van der Waals surface area contributed by atoms with Crippen molar-refractivity contribution in [2.75, 3.05) is 33.7 Å². The molecule has 1 saturated heterocycles. The number of nitrogens with zero attached hydrogens (tertiary/aromatic N) is 2.